The van der Waals surface area contributed by atoms with Crippen molar-refractivity contribution >= 4 is 0 Å². The van der Waals surface area contributed by atoms with Gasteiger partial charge in [-0.25, -0.2) is 0 Å². The normalized spacial score (nSPS) is 25.0. The minimum Gasteiger partial charge on any atom is -0.497 e. The zero-order chi connectivity index (χ0) is 13.7. The van der Waals surface area contributed by atoms with Gasteiger partial charge in [0.15, 0.2) is 0 Å². The summed E-state index contributed by atoms with van der Waals surface area (Å²) in [4.78, 5) is 0. The molecule has 19 heavy (non-hydrogen) atoms. The van der Waals surface area contributed by atoms with Gasteiger partial charge in [-0.3, -0.25) is 0 Å². The maximum atomic E-state index is 10.5. The zero-order valence-electron chi connectivity index (χ0n) is 12.1. The van der Waals surface area contributed by atoms with E-state index in [0.717, 1.165) is 18.1 Å². The van der Waals surface area contributed by atoms with Gasteiger partial charge in [-0.1, -0.05) is 38.3 Å². The largest absolute Gasteiger partial charge is 0.497 e. The number of benzene rings is 1. The summed E-state index contributed by atoms with van der Waals surface area (Å²) in [5, 5.41) is 10.5. The van der Waals surface area contributed by atoms with E-state index in [1.54, 1.807) is 7.11 Å². The molecule has 2 rings (SSSR count). The second-order valence-corrected chi connectivity index (χ2v) is 5.82. The number of aliphatic hydroxyl groups excluding tert-OH is 1. The minimum absolute atomic E-state index is 0.207. The molecule has 1 fully saturated rings. The van der Waals surface area contributed by atoms with Crippen LogP contribution in [0, 0.1) is 11.8 Å². The van der Waals surface area contributed by atoms with Crippen LogP contribution in [-0.2, 0) is 6.42 Å². The summed E-state index contributed by atoms with van der Waals surface area (Å²) in [6.07, 6.45) is 6.79. The molecule has 1 aliphatic rings. The molecule has 0 spiro atoms. The Hall–Kier alpha value is -1.02. The van der Waals surface area contributed by atoms with Gasteiger partial charge in [-0.15, -0.1) is 0 Å². The van der Waals surface area contributed by atoms with E-state index >= 15 is 0 Å². The van der Waals surface area contributed by atoms with Crippen molar-refractivity contribution in [1.82, 2.24) is 0 Å². The van der Waals surface area contributed by atoms with Gasteiger partial charge >= 0.3 is 0 Å². The molecule has 0 aliphatic heterocycles. The van der Waals surface area contributed by atoms with Crippen molar-refractivity contribution in [2.45, 2.75) is 51.6 Å². The van der Waals surface area contributed by atoms with E-state index in [9.17, 15) is 5.11 Å². The highest BCUT2D eigenvalue weighted by Gasteiger charge is 2.26. The van der Waals surface area contributed by atoms with Crippen molar-refractivity contribution in [2.24, 2.45) is 11.8 Å². The molecule has 1 aromatic carbocycles. The van der Waals surface area contributed by atoms with E-state index in [0.29, 0.717) is 5.92 Å². The molecule has 1 aliphatic carbocycles. The second-order valence-electron chi connectivity index (χ2n) is 5.82. The van der Waals surface area contributed by atoms with Crippen molar-refractivity contribution in [1.29, 1.82) is 0 Å². The first kappa shape index (κ1) is 14.4. The fourth-order valence-corrected chi connectivity index (χ4v) is 3.26. The summed E-state index contributed by atoms with van der Waals surface area (Å²) >= 11 is 0. The molecule has 1 saturated carbocycles. The number of hydrogen-bond acceptors (Lipinski definition) is 2. The third-order valence-corrected chi connectivity index (χ3v) is 4.52. The Labute approximate surface area is 116 Å². The molecular weight excluding hydrogens is 236 g/mol. The molecular formula is C17H26O2. The first-order valence-corrected chi connectivity index (χ1v) is 7.54. The van der Waals surface area contributed by atoms with Crippen molar-refractivity contribution in [3.63, 3.8) is 0 Å². The smallest absolute Gasteiger partial charge is 0.119 e. The van der Waals surface area contributed by atoms with Crippen LogP contribution in [0.3, 0.4) is 0 Å². The highest BCUT2D eigenvalue weighted by Crippen LogP contribution is 2.33. The molecule has 3 unspecified atom stereocenters. The van der Waals surface area contributed by atoms with Crippen molar-refractivity contribution in [3.05, 3.63) is 29.8 Å². The molecule has 2 heteroatoms. The van der Waals surface area contributed by atoms with E-state index in [-0.39, 0.29) is 6.10 Å². The fraction of sp³-hybridized carbons (Fsp3) is 0.647. The summed E-state index contributed by atoms with van der Waals surface area (Å²) in [5.74, 6) is 2.17. The Balaban J connectivity index is 1.94. The average Bonchev–Trinajstić information content (AvgIpc) is 2.47. The standard InChI is InChI=1S/C17H26O2/c1-3-13-6-4-8-15(10-13)17(18)12-14-7-5-9-16(11-14)19-2/h5,7,9,11,13,15,17-18H,3-4,6,8,10,12H2,1-2H3. The first-order chi connectivity index (χ1) is 9.22. The lowest BCUT2D eigenvalue weighted by atomic mass is 9.76. The summed E-state index contributed by atoms with van der Waals surface area (Å²) in [6.45, 7) is 2.27. The van der Waals surface area contributed by atoms with Gasteiger partial charge in [0.05, 0.1) is 13.2 Å². The SMILES string of the molecule is CCC1CCCC(C(O)Cc2cccc(OC)c2)C1. The van der Waals surface area contributed by atoms with E-state index < -0.39 is 0 Å². The molecule has 0 heterocycles. The van der Waals surface area contributed by atoms with E-state index in [2.05, 4.69) is 13.0 Å². The minimum atomic E-state index is -0.207. The predicted octanol–water partition coefficient (Wildman–Crippen LogP) is 3.82. The summed E-state index contributed by atoms with van der Waals surface area (Å²) < 4.78 is 5.23. The molecule has 0 radical (unpaired) electrons. The molecule has 0 bridgehead atoms. The van der Waals surface area contributed by atoms with Gasteiger partial charge in [-0.05, 0) is 48.8 Å². The molecule has 0 aromatic heterocycles. The molecule has 0 saturated heterocycles. The van der Waals surface area contributed by atoms with Crippen LogP contribution < -0.4 is 4.74 Å². The Morgan fingerprint density at radius 1 is 1.37 bits per heavy atom. The topological polar surface area (TPSA) is 29.5 Å². The van der Waals surface area contributed by atoms with Gasteiger partial charge in [0.1, 0.15) is 5.75 Å². The van der Waals surface area contributed by atoms with Gasteiger partial charge in [0, 0.05) is 0 Å². The fourth-order valence-electron chi connectivity index (χ4n) is 3.26. The molecule has 3 atom stereocenters. The summed E-state index contributed by atoms with van der Waals surface area (Å²) in [6, 6.07) is 8.05. The Bertz CT molecular complexity index is 389. The zero-order valence-corrected chi connectivity index (χ0v) is 12.1. The molecule has 0 amide bonds. The van der Waals surface area contributed by atoms with Crippen LogP contribution in [0.2, 0.25) is 0 Å². The summed E-state index contributed by atoms with van der Waals surface area (Å²) in [5.41, 5.74) is 1.17. The predicted molar refractivity (Wildman–Crippen MR) is 78.4 cm³/mol. The molecule has 1 N–H and O–H groups in total. The number of methoxy groups -OCH3 is 1. The molecule has 106 valence electrons. The maximum Gasteiger partial charge on any atom is 0.119 e. The van der Waals surface area contributed by atoms with E-state index in [4.69, 9.17) is 4.74 Å². The first-order valence-electron chi connectivity index (χ1n) is 7.54. The Morgan fingerprint density at radius 2 is 2.21 bits per heavy atom. The quantitative estimate of drug-likeness (QED) is 0.874. The lowest BCUT2D eigenvalue weighted by Gasteiger charge is -2.31. The highest BCUT2D eigenvalue weighted by atomic mass is 16.5. The Kier molecular flexibility index (Phi) is 5.26. The van der Waals surface area contributed by atoms with Gasteiger partial charge in [0.25, 0.3) is 0 Å². The van der Waals surface area contributed by atoms with Crippen molar-refractivity contribution < 1.29 is 9.84 Å². The lowest BCUT2D eigenvalue weighted by molar-refractivity contribution is 0.0685. The van der Waals surface area contributed by atoms with Gasteiger partial charge in [0.2, 0.25) is 0 Å². The van der Waals surface area contributed by atoms with E-state index in [1.807, 2.05) is 18.2 Å². The van der Waals surface area contributed by atoms with Gasteiger partial charge < -0.3 is 9.84 Å². The average molecular weight is 262 g/mol. The van der Waals surface area contributed by atoms with Crippen LogP contribution in [0.15, 0.2) is 24.3 Å². The van der Waals surface area contributed by atoms with Gasteiger partial charge in [-0.2, -0.15) is 0 Å². The number of rotatable bonds is 5. The second kappa shape index (κ2) is 6.95. The van der Waals surface area contributed by atoms with Crippen LogP contribution in [0.4, 0.5) is 0 Å². The van der Waals surface area contributed by atoms with Crippen LogP contribution in [0.25, 0.3) is 0 Å². The van der Waals surface area contributed by atoms with Crippen molar-refractivity contribution in [3.8, 4) is 5.75 Å². The number of ether oxygens (including phenoxy) is 1. The van der Waals surface area contributed by atoms with Crippen LogP contribution in [0.5, 0.6) is 5.75 Å². The van der Waals surface area contributed by atoms with E-state index in [1.165, 1.54) is 37.7 Å². The Morgan fingerprint density at radius 3 is 2.95 bits per heavy atom. The maximum absolute atomic E-state index is 10.5. The number of aliphatic hydroxyl groups is 1. The monoisotopic (exact) mass is 262 g/mol. The third kappa shape index (κ3) is 3.97. The molecule has 2 nitrogen and oxygen atoms in total. The van der Waals surface area contributed by atoms with Crippen LogP contribution in [0.1, 0.15) is 44.6 Å². The molecule has 1 aromatic rings. The number of hydrogen-bond donors (Lipinski definition) is 1. The summed E-state index contributed by atoms with van der Waals surface area (Å²) in [7, 11) is 1.68. The van der Waals surface area contributed by atoms with Crippen molar-refractivity contribution in [2.75, 3.05) is 7.11 Å². The van der Waals surface area contributed by atoms with Crippen LogP contribution >= 0.6 is 0 Å². The third-order valence-electron chi connectivity index (χ3n) is 4.52. The van der Waals surface area contributed by atoms with Crippen LogP contribution in [-0.4, -0.2) is 18.3 Å². The highest BCUT2D eigenvalue weighted by molar-refractivity contribution is 5.28. The lowest BCUT2D eigenvalue weighted by Crippen LogP contribution is -2.28.